The summed E-state index contributed by atoms with van der Waals surface area (Å²) in [6.07, 6.45) is 0. The summed E-state index contributed by atoms with van der Waals surface area (Å²) in [5.74, 6) is 0. The van der Waals surface area contributed by atoms with Crippen molar-refractivity contribution in [2.24, 2.45) is 0 Å². The zero-order valence-electron chi connectivity index (χ0n) is 9.24. The van der Waals surface area contributed by atoms with Gasteiger partial charge in [0.2, 0.25) is 0 Å². The minimum absolute atomic E-state index is 0.0482. The maximum absolute atomic E-state index is 9.02. The van der Waals surface area contributed by atoms with Gasteiger partial charge in [0.05, 0.1) is 18.0 Å². The third kappa shape index (κ3) is 1.96. The fraction of sp³-hybridized carbons (Fsp3) is 0.250. The van der Waals surface area contributed by atoms with Crippen LogP contribution < -0.4 is 0 Å². The van der Waals surface area contributed by atoms with Gasteiger partial charge in [-0.25, -0.2) is 4.68 Å². The van der Waals surface area contributed by atoms with Gasteiger partial charge in [0.25, 0.3) is 0 Å². The fourth-order valence-corrected chi connectivity index (χ4v) is 1.77. The minimum atomic E-state index is -0.0482. The molecule has 0 aliphatic heterocycles. The number of rotatable bonds is 2. The molecule has 0 radical (unpaired) electrons. The molecule has 0 saturated heterocycles. The second-order valence-corrected chi connectivity index (χ2v) is 4.19. The van der Waals surface area contributed by atoms with Gasteiger partial charge < -0.3 is 5.11 Å². The van der Waals surface area contributed by atoms with Gasteiger partial charge in [-0.15, -0.1) is 0 Å². The molecular formula is C12H13ClN2O. The summed E-state index contributed by atoms with van der Waals surface area (Å²) in [6.45, 7) is 3.86. The van der Waals surface area contributed by atoms with Gasteiger partial charge in [0, 0.05) is 10.7 Å². The SMILES string of the molecule is Cc1ccc(-n2nc(CO)cc2C)cc1Cl. The summed E-state index contributed by atoms with van der Waals surface area (Å²) in [5, 5.41) is 14.0. The zero-order valence-corrected chi connectivity index (χ0v) is 9.99. The third-order valence-corrected chi connectivity index (χ3v) is 2.91. The van der Waals surface area contributed by atoms with Crippen molar-refractivity contribution in [3.63, 3.8) is 0 Å². The first-order chi connectivity index (χ1) is 7.61. The first kappa shape index (κ1) is 11.2. The van der Waals surface area contributed by atoms with Gasteiger partial charge in [-0.2, -0.15) is 5.10 Å². The highest BCUT2D eigenvalue weighted by Gasteiger charge is 2.06. The van der Waals surface area contributed by atoms with E-state index in [1.54, 1.807) is 4.68 Å². The number of aliphatic hydroxyl groups is 1. The Labute approximate surface area is 99.3 Å². The van der Waals surface area contributed by atoms with Crippen molar-refractivity contribution < 1.29 is 5.11 Å². The molecule has 1 N–H and O–H groups in total. The Balaban J connectivity index is 2.49. The normalized spacial score (nSPS) is 10.8. The maximum Gasteiger partial charge on any atom is 0.0886 e. The first-order valence-corrected chi connectivity index (χ1v) is 5.42. The molecule has 0 bridgehead atoms. The van der Waals surface area contributed by atoms with Crippen LogP contribution in [0.2, 0.25) is 5.02 Å². The highest BCUT2D eigenvalue weighted by atomic mass is 35.5. The predicted molar refractivity (Wildman–Crippen MR) is 64.0 cm³/mol. The monoisotopic (exact) mass is 236 g/mol. The average molecular weight is 237 g/mol. The lowest BCUT2D eigenvalue weighted by atomic mass is 10.2. The molecule has 1 aromatic carbocycles. The quantitative estimate of drug-likeness (QED) is 0.871. The lowest BCUT2D eigenvalue weighted by Gasteiger charge is -2.06. The summed E-state index contributed by atoms with van der Waals surface area (Å²) in [6, 6.07) is 7.64. The molecule has 2 rings (SSSR count). The van der Waals surface area contributed by atoms with Crippen LogP contribution in [0.5, 0.6) is 0 Å². The minimum Gasteiger partial charge on any atom is -0.390 e. The number of benzene rings is 1. The molecule has 0 spiro atoms. The highest BCUT2D eigenvalue weighted by Crippen LogP contribution is 2.20. The molecule has 0 unspecified atom stereocenters. The number of aromatic nitrogens is 2. The molecule has 4 heteroatoms. The van der Waals surface area contributed by atoms with Crippen LogP contribution in [0.15, 0.2) is 24.3 Å². The Morgan fingerprint density at radius 2 is 2.06 bits per heavy atom. The molecule has 0 aliphatic rings. The van der Waals surface area contributed by atoms with Crippen LogP contribution in [0.4, 0.5) is 0 Å². The van der Waals surface area contributed by atoms with Crippen LogP contribution in [0.1, 0.15) is 17.0 Å². The molecule has 84 valence electrons. The topological polar surface area (TPSA) is 38.0 Å². The Bertz CT molecular complexity index is 520. The summed E-state index contributed by atoms with van der Waals surface area (Å²) < 4.78 is 1.77. The van der Waals surface area contributed by atoms with Crippen LogP contribution in [0.3, 0.4) is 0 Å². The van der Waals surface area contributed by atoms with Crippen molar-refractivity contribution in [2.45, 2.75) is 20.5 Å². The van der Waals surface area contributed by atoms with E-state index in [2.05, 4.69) is 5.10 Å². The van der Waals surface area contributed by atoms with Crippen molar-refractivity contribution in [1.29, 1.82) is 0 Å². The van der Waals surface area contributed by atoms with Crippen LogP contribution in [-0.2, 0) is 6.61 Å². The van der Waals surface area contributed by atoms with Gasteiger partial charge in [0.1, 0.15) is 0 Å². The van der Waals surface area contributed by atoms with Crippen molar-refractivity contribution >= 4 is 11.6 Å². The number of hydrogen-bond acceptors (Lipinski definition) is 2. The molecule has 1 aromatic heterocycles. The van der Waals surface area contributed by atoms with E-state index >= 15 is 0 Å². The lowest BCUT2D eigenvalue weighted by Crippen LogP contribution is -1.99. The smallest absolute Gasteiger partial charge is 0.0886 e. The van der Waals surface area contributed by atoms with E-state index in [0.717, 1.165) is 22.0 Å². The molecule has 0 atom stereocenters. The molecule has 16 heavy (non-hydrogen) atoms. The van der Waals surface area contributed by atoms with Crippen LogP contribution in [0.25, 0.3) is 5.69 Å². The maximum atomic E-state index is 9.02. The van der Waals surface area contributed by atoms with E-state index in [4.69, 9.17) is 16.7 Å². The Hall–Kier alpha value is -1.32. The van der Waals surface area contributed by atoms with Crippen molar-refractivity contribution in [3.05, 3.63) is 46.2 Å². The second-order valence-electron chi connectivity index (χ2n) is 3.78. The molecule has 3 nitrogen and oxygen atoms in total. The van der Waals surface area contributed by atoms with Crippen molar-refractivity contribution in [3.8, 4) is 5.69 Å². The van der Waals surface area contributed by atoms with E-state index in [1.807, 2.05) is 38.1 Å². The van der Waals surface area contributed by atoms with Gasteiger partial charge >= 0.3 is 0 Å². The largest absolute Gasteiger partial charge is 0.390 e. The van der Waals surface area contributed by atoms with E-state index in [9.17, 15) is 0 Å². The summed E-state index contributed by atoms with van der Waals surface area (Å²) >= 11 is 6.07. The Morgan fingerprint density at radius 3 is 2.62 bits per heavy atom. The Morgan fingerprint density at radius 1 is 1.31 bits per heavy atom. The Kier molecular flexibility index (Phi) is 2.99. The van der Waals surface area contributed by atoms with Crippen LogP contribution >= 0.6 is 11.6 Å². The number of aryl methyl sites for hydroxylation is 2. The zero-order chi connectivity index (χ0) is 11.7. The van der Waals surface area contributed by atoms with Crippen molar-refractivity contribution in [1.82, 2.24) is 9.78 Å². The standard InChI is InChI=1S/C12H13ClN2O/c1-8-3-4-11(6-12(8)13)15-9(2)5-10(7-16)14-15/h3-6,16H,7H2,1-2H3. The predicted octanol–water partition coefficient (Wildman–Crippen LogP) is 2.63. The first-order valence-electron chi connectivity index (χ1n) is 5.04. The van der Waals surface area contributed by atoms with Gasteiger partial charge in [-0.3, -0.25) is 0 Å². The second kappa shape index (κ2) is 4.28. The van der Waals surface area contributed by atoms with E-state index in [-0.39, 0.29) is 6.61 Å². The highest BCUT2D eigenvalue weighted by molar-refractivity contribution is 6.31. The average Bonchev–Trinajstić information content (AvgIpc) is 2.64. The fourth-order valence-electron chi connectivity index (χ4n) is 1.59. The van der Waals surface area contributed by atoms with Crippen molar-refractivity contribution in [2.75, 3.05) is 0 Å². The molecule has 2 aromatic rings. The summed E-state index contributed by atoms with van der Waals surface area (Å²) in [7, 11) is 0. The van der Waals surface area contributed by atoms with Crippen LogP contribution in [-0.4, -0.2) is 14.9 Å². The molecule has 0 amide bonds. The van der Waals surface area contributed by atoms with Crippen LogP contribution in [0, 0.1) is 13.8 Å². The molecule has 0 saturated carbocycles. The number of aliphatic hydroxyl groups excluding tert-OH is 1. The van der Waals surface area contributed by atoms with Gasteiger partial charge in [-0.05, 0) is 37.6 Å². The summed E-state index contributed by atoms with van der Waals surface area (Å²) in [5.41, 5.74) is 3.59. The van der Waals surface area contributed by atoms with E-state index < -0.39 is 0 Å². The van der Waals surface area contributed by atoms with Gasteiger partial charge in [-0.1, -0.05) is 17.7 Å². The third-order valence-electron chi connectivity index (χ3n) is 2.50. The van der Waals surface area contributed by atoms with E-state index in [0.29, 0.717) is 5.69 Å². The van der Waals surface area contributed by atoms with E-state index in [1.165, 1.54) is 0 Å². The number of hydrogen-bond donors (Lipinski definition) is 1. The molecular weight excluding hydrogens is 224 g/mol. The number of nitrogens with zero attached hydrogens (tertiary/aromatic N) is 2. The molecule has 0 aliphatic carbocycles. The lowest BCUT2D eigenvalue weighted by molar-refractivity contribution is 0.276. The van der Waals surface area contributed by atoms with Gasteiger partial charge in [0.15, 0.2) is 0 Å². The summed E-state index contributed by atoms with van der Waals surface area (Å²) in [4.78, 5) is 0. The molecule has 1 heterocycles. The molecule has 0 fully saturated rings. The number of halogens is 1.